The van der Waals surface area contributed by atoms with Gasteiger partial charge in [-0.1, -0.05) is 28.4 Å². The van der Waals surface area contributed by atoms with Gasteiger partial charge in [-0.3, -0.25) is 0 Å². The molecule has 13 heteroatoms. The minimum Gasteiger partial charge on any atom is -0.365 e. The maximum Gasteiger partial charge on any atom is 0.455 e. The first-order chi connectivity index (χ1) is 14.2. The highest BCUT2D eigenvalue weighted by molar-refractivity contribution is 6.36. The Morgan fingerprint density at radius 2 is 2.00 bits per heavy atom. The minimum absolute atomic E-state index is 0.0471. The first-order valence-electron chi connectivity index (χ1n) is 8.59. The second-order valence-corrected chi connectivity index (χ2v) is 7.22. The topological polar surface area (TPSA) is 80.0 Å². The molecule has 0 fully saturated rings. The largest absolute Gasteiger partial charge is 0.455 e. The summed E-state index contributed by atoms with van der Waals surface area (Å²) in [5.41, 5.74) is 0.817. The molecule has 0 amide bonds. The fourth-order valence-electron chi connectivity index (χ4n) is 3.17. The van der Waals surface area contributed by atoms with E-state index >= 15 is 0 Å². The van der Waals surface area contributed by atoms with Crippen LogP contribution in [0.3, 0.4) is 0 Å². The van der Waals surface area contributed by atoms with Crippen LogP contribution >= 0.6 is 23.2 Å². The smallest absolute Gasteiger partial charge is 0.365 e. The van der Waals surface area contributed by atoms with Crippen LogP contribution in [0.2, 0.25) is 10.0 Å². The van der Waals surface area contributed by atoms with Crippen molar-refractivity contribution in [2.45, 2.75) is 19.1 Å². The maximum absolute atomic E-state index is 14.0. The van der Waals surface area contributed by atoms with Gasteiger partial charge in [0.15, 0.2) is 11.5 Å². The highest BCUT2D eigenvalue weighted by atomic mass is 35.5. The molecule has 0 spiro atoms. The van der Waals surface area contributed by atoms with Crippen molar-refractivity contribution in [3.05, 3.63) is 45.4 Å². The lowest BCUT2D eigenvalue weighted by atomic mass is 10.0. The Balaban J connectivity index is 1.75. The van der Waals surface area contributed by atoms with Crippen molar-refractivity contribution in [2.24, 2.45) is 0 Å². The van der Waals surface area contributed by atoms with E-state index in [1.54, 1.807) is 6.92 Å². The summed E-state index contributed by atoms with van der Waals surface area (Å²) in [7, 11) is 0. The number of alkyl halides is 3. The lowest BCUT2D eigenvalue weighted by Gasteiger charge is -2.36. The monoisotopic (exact) mass is 462 g/mol. The SMILES string of the molecule is C[C@H](c1c(Cl)ccc(F)c1Cl)N1CCNc2nnc(-c3nc(C(F)(F)F)no3)cc21. The number of aromatic nitrogens is 4. The van der Waals surface area contributed by atoms with Gasteiger partial charge in [-0.15, -0.1) is 10.2 Å². The van der Waals surface area contributed by atoms with Crippen LogP contribution in [-0.2, 0) is 6.18 Å². The number of nitrogens with zero attached hydrogens (tertiary/aromatic N) is 5. The number of hydrogen-bond acceptors (Lipinski definition) is 7. The van der Waals surface area contributed by atoms with E-state index in [1.165, 1.54) is 18.2 Å². The van der Waals surface area contributed by atoms with Gasteiger partial charge in [0.1, 0.15) is 5.82 Å². The Morgan fingerprint density at radius 1 is 1.23 bits per heavy atom. The summed E-state index contributed by atoms with van der Waals surface area (Å²) in [4.78, 5) is 5.16. The first-order valence-corrected chi connectivity index (χ1v) is 9.35. The molecule has 3 aromatic rings. The van der Waals surface area contributed by atoms with E-state index in [9.17, 15) is 17.6 Å². The van der Waals surface area contributed by atoms with E-state index in [2.05, 4.69) is 30.2 Å². The summed E-state index contributed by atoms with van der Waals surface area (Å²) in [5.74, 6) is -2.08. The van der Waals surface area contributed by atoms with Gasteiger partial charge < -0.3 is 14.7 Å². The summed E-state index contributed by atoms with van der Waals surface area (Å²) < 4.78 is 57.0. The summed E-state index contributed by atoms with van der Waals surface area (Å²) in [6, 6.07) is 3.56. The number of fused-ring (bicyclic) bond motifs is 1. The number of benzene rings is 1. The summed E-state index contributed by atoms with van der Waals surface area (Å²) >= 11 is 12.4. The quantitative estimate of drug-likeness (QED) is 0.433. The zero-order chi connectivity index (χ0) is 21.6. The molecule has 30 heavy (non-hydrogen) atoms. The number of anilines is 2. The zero-order valence-corrected chi connectivity index (χ0v) is 16.6. The summed E-state index contributed by atoms with van der Waals surface area (Å²) in [5, 5.41) is 14.0. The Morgan fingerprint density at radius 3 is 2.70 bits per heavy atom. The van der Waals surface area contributed by atoms with Crippen molar-refractivity contribution < 1.29 is 22.1 Å². The minimum atomic E-state index is -4.75. The second-order valence-electron chi connectivity index (χ2n) is 6.44. The van der Waals surface area contributed by atoms with Gasteiger partial charge in [0.05, 0.1) is 16.8 Å². The van der Waals surface area contributed by atoms with Crippen LogP contribution in [0.25, 0.3) is 11.6 Å². The van der Waals surface area contributed by atoms with Gasteiger partial charge in [0.25, 0.3) is 11.7 Å². The van der Waals surface area contributed by atoms with Crippen LogP contribution in [0.5, 0.6) is 0 Å². The average molecular weight is 463 g/mol. The Kier molecular flexibility index (Phi) is 5.18. The fourth-order valence-corrected chi connectivity index (χ4v) is 3.86. The van der Waals surface area contributed by atoms with Crippen molar-refractivity contribution in [3.8, 4) is 11.6 Å². The van der Waals surface area contributed by atoms with Crippen LogP contribution in [0.4, 0.5) is 29.1 Å². The molecule has 0 saturated heterocycles. The molecular weight excluding hydrogens is 451 g/mol. The van der Waals surface area contributed by atoms with Crippen molar-refractivity contribution in [1.29, 1.82) is 0 Å². The van der Waals surface area contributed by atoms with E-state index in [-0.39, 0.29) is 15.7 Å². The van der Waals surface area contributed by atoms with Gasteiger partial charge in [-0.25, -0.2) is 4.39 Å². The van der Waals surface area contributed by atoms with Gasteiger partial charge in [0, 0.05) is 23.7 Å². The fraction of sp³-hybridized carbons (Fsp3) is 0.294. The van der Waals surface area contributed by atoms with Gasteiger partial charge in [-0.05, 0) is 25.1 Å². The van der Waals surface area contributed by atoms with Crippen molar-refractivity contribution in [2.75, 3.05) is 23.3 Å². The molecule has 0 aliphatic carbocycles. The Labute approximate surface area is 177 Å². The standard InChI is InChI=1S/C17H12Cl2F4N6O/c1-7(12-8(18)2-3-9(20)13(12)19)29-5-4-24-14-11(29)6-10(26-27-14)15-25-16(28-30-15)17(21,22)23/h2-3,6-7H,4-5H2,1H3,(H,24,27)/t7-/m1/s1. The molecule has 158 valence electrons. The predicted octanol–water partition coefficient (Wildman–Crippen LogP) is 4.98. The van der Waals surface area contributed by atoms with Crippen LogP contribution in [0, 0.1) is 5.82 Å². The third kappa shape index (κ3) is 3.63. The normalized spacial score (nSPS) is 15.0. The number of rotatable bonds is 3. The molecule has 0 bridgehead atoms. The van der Waals surface area contributed by atoms with E-state index < -0.39 is 29.8 Å². The van der Waals surface area contributed by atoms with Gasteiger partial charge in [0.2, 0.25) is 0 Å². The maximum atomic E-state index is 14.0. The zero-order valence-electron chi connectivity index (χ0n) is 15.1. The molecule has 0 radical (unpaired) electrons. The third-order valence-electron chi connectivity index (χ3n) is 4.59. The van der Waals surface area contributed by atoms with Crippen LogP contribution in [0.15, 0.2) is 22.7 Å². The summed E-state index contributed by atoms with van der Waals surface area (Å²) in [6.07, 6.45) is -4.75. The van der Waals surface area contributed by atoms with E-state index in [0.717, 1.165) is 0 Å². The molecular formula is C17H12Cl2F4N6O. The Hall–Kier alpha value is -2.66. The average Bonchev–Trinajstić information content (AvgIpc) is 3.21. The molecule has 2 aromatic heterocycles. The van der Waals surface area contributed by atoms with E-state index in [4.69, 9.17) is 23.2 Å². The molecule has 0 unspecified atom stereocenters. The predicted molar refractivity (Wildman–Crippen MR) is 101 cm³/mol. The molecule has 3 heterocycles. The third-order valence-corrected chi connectivity index (χ3v) is 5.31. The van der Waals surface area contributed by atoms with Gasteiger partial charge in [-0.2, -0.15) is 18.2 Å². The van der Waals surface area contributed by atoms with E-state index in [0.29, 0.717) is 30.2 Å². The molecule has 1 aliphatic heterocycles. The lowest BCUT2D eigenvalue weighted by molar-refractivity contribution is -0.146. The van der Waals surface area contributed by atoms with Crippen molar-refractivity contribution in [1.82, 2.24) is 20.3 Å². The van der Waals surface area contributed by atoms with Crippen molar-refractivity contribution >= 4 is 34.7 Å². The molecule has 0 saturated carbocycles. The van der Waals surface area contributed by atoms with Gasteiger partial charge >= 0.3 is 6.18 Å². The second kappa shape index (κ2) is 7.55. The van der Waals surface area contributed by atoms with Crippen LogP contribution < -0.4 is 10.2 Å². The molecule has 7 nitrogen and oxygen atoms in total. The van der Waals surface area contributed by atoms with Crippen LogP contribution in [-0.4, -0.2) is 33.4 Å². The highest BCUT2D eigenvalue weighted by Crippen LogP contribution is 2.40. The Bertz CT molecular complexity index is 1110. The number of nitrogens with one attached hydrogen (secondary N) is 1. The first kappa shape index (κ1) is 20.6. The molecule has 1 aliphatic rings. The molecule has 1 atom stereocenters. The highest BCUT2D eigenvalue weighted by Gasteiger charge is 2.38. The summed E-state index contributed by atoms with van der Waals surface area (Å²) in [6.45, 7) is 2.73. The van der Waals surface area contributed by atoms with E-state index in [1.807, 2.05) is 4.90 Å². The number of hydrogen-bond donors (Lipinski definition) is 1. The molecule has 4 rings (SSSR count). The lowest BCUT2D eigenvalue weighted by Crippen LogP contribution is -2.37. The molecule has 1 N–H and O–H groups in total. The molecule has 1 aromatic carbocycles. The number of halogens is 6. The van der Waals surface area contributed by atoms with Crippen molar-refractivity contribution in [3.63, 3.8) is 0 Å². The van der Waals surface area contributed by atoms with Crippen LogP contribution in [0.1, 0.15) is 24.4 Å².